The smallest absolute Gasteiger partial charge is 0.323 e. The predicted octanol–water partition coefficient (Wildman–Crippen LogP) is 4.38. The zero-order valence-corrected chi connectivity index (χ0v) is 19.6. The first-order valence-corrected chi connectivity index (χ1v) is 11.3. The van der Waals surface area contributed by atoms with Crippen molar-refractivity contribution >= 4 is 29.0 Å². The van der Waals surface area contributed by atoms with Gasteiger partial charge in [-0.05, 0) is 48.0 Å². The Labute approximate surface area is 207 Å². The summed E-state index contributed by atoms with van der Waals surface area (Å²) in [5, 5.41) is 7.84. The van der Waals surface area contributed by atoms with Crippen LogP contribution in [0.5, 0.6) is 5.75 Å². The highest BCUT2D eigenvalue weighted by atomic mass is 19.1. The van der Waals surface area contributed by atoms with Crippen molar-refractivity contribution in [2.75, 3.05) is 48.9 Å². The van der Waals surface area contributed by atoms with Crippen LogP contribution >= 0.6 is 0 Å². The standard InChI is InChI=1S/C26H26F2N4O4/c1-35-20-6-2-17(3-7-20)16-29-25(33)18-4-9-24(32-10-12-36-13-11-32)23(14-18)31-26(34)30-22-15-19(27)5-8-21(22)28/h2-9,14-15H,10-13,16H2,1H3,(H,29,33)(H2,30,31,34). The molecule has 0 bridgehead atoms. The fourth-order valence-electron chi connectivity index (χ4n) is 3.75. The molecule has 1 heterocycles. The number of carbonyl (C=O) groups is 2. The van der Waals surface area contributed by atoms with E-state index in [0.29, 0.717) is 49.8 Å². The molecule has 3 N–H and O–H groups in total. The van der Waals surface area contributed by atoms with Crippen molar-refractivity contribution in [1.82, 2.24) is 5.32 Å². The first-order valence-electron chi connectivity index (χ1n) is 11.3. The molecule has 0 atom stereocenters. The fourth-order valence-corrected chi connectivity index (χ4v) is 3.75. The Kier molecular flexibility index (Phi) is 7.96. The van der Waals surface area contributed by atoms with Crippen LogP contribution in [-0.2, 0) is 11.3 Å². The van der Waals surface area contributed by atoms with E-state index in [2.05, 4.69) is 16.0 Å². The van der Waals surface area contributed by atoms with E-state index in [0.717, 1.165) is 29.5 Å². The topological polar surface area (TPSA) is 91.9 Å². The van der Waals surface area contributed by atoms with Gasteiger partial charge < -0.3 is 30.3 Å². The third-order valence-corrected chi connectivity index (χ3v) is 5.65. The number of nitrogens with zero attached hydrogens (tertiary/aromatic N) is 1. The summed E-state index contributed by atoms with van der Waals surface area (Å²) in [4.78, 5) is 27.5. The molecule has 3 amide bonds. The number of anilines is 3. The summed E-state index contributed by atoms with van der Waals surface area (Å²) in [7, 11) is 1.58. The van der Waals surface area contributed by atoms with Gasteiger partial charge in [0.15, 0.2) is 0 Å². The number of morpholine rings is 1. The average molecular weight is 497 g/mol. The van der Waals surface area contributed by atoms with Crippen LogP contribution in [0.4, 0.5) is 30.6 Å². The first kappa shape index (κ1) is 24.9. The van der Waals surface area contributed by atoms with Crippen LogP contribution in [0, 0.1) is 11.6 Å². The molecule has 1 fully saturated rings. The number of amides is 3. The van der Waals surface area contributed by atoms with Crippen LogP contribution in [0.15, 0.2) is 60.7 Å². The van der Waals surface area contributed by atoms with Crippen molar-refractivity contribution < 1.29 is 27.8 Å². The Balaban J connectivity index is 1.51. The van der Waals surface area contributed by atoms with Gasteiger partial charge in [0, 0.05) is 31.3 Å². The molecule has 10 heteroatoms. The van der Waals surface area contributed by atoms with Gasteiger partial charge in [0.2, 0.25) is 0 Å². The van der Waals surface area contributed by atoms with Gasteiger partial charge in [0.05, 0.1) is 37.4 Å². The van der Waals surface area contributed by atoms with E-state index in [4.69, 9.17) is 9.47 Å². The minimum atomic E-state index is -0.773. The van der Waals surface area contributed by atoms with Gasteiger partial charge in [-0.25, -0.2) is 13.6 Å². The minimum Gasteiger partial charge on any atom is -0.497 e. The second-order valence-corrected chi connectivity index (χ2v) is 8.07. The van der Waals surface area contributed by atoms with E-state index in [1.807, 2.05) is 17.0 Å². The average Bonchev–Trinajstić information content (AvgIpc) is 2.90. The zero-order valence-electron chi connectivity index (χ0n) is 19.6. The Morgan fingerprint density at radius 2 is 1.67 bits per heavy atom. The van der Waals surface area contributed by atoms with Gasteiger partial charge >= 0.3 is 6.03 Å². The minimum absolute atomic E-state index is 0.297. The summed E-state index contributed by atoms with van der Waals surface area (Å²) >= 11 is 0. The van der Waals surface area contributed by atoms with E-state index in [1.165, 1.54) is 0 Å². The fraction of sp³-hybridized carbons (Fsp3) is 0.231. The van der Waals surface area contributed by atoms with Crippen molar-refractivity contribution in [3.63, 3.8) is 0 Å². The summed E-state index contributed by atoms with van der Waals surface area (Å²) in [6.45, 7) is 2.53. The molecular weight excluding hydrogens is 470 g/mol. The number of urea groups is 1. The van der Waals surface area contributed by atoms with Gasteiger partial charge in [-0.15, -0.1) is 0 Å². The largest absolute Gasteiger partial charge is 0.497 e. The molecule has 3 aromatic carbocycles. The van der Waals surface area contributed by atoms with Gasteiger partial charge in [-0.2, -0.15) is 0 Å². The monoisotopic (exact) mass is 496 g/mol. The van der Waals surface area contributed by atoms with Crippen molar-refractivity contribution in [3.05, 3.63) is 83.4 Å². The van der Waals surface area contributed by atoms with Crippen LogP contribution in [-0.4, -0.2) is 45.4 Å². The van der Waals surface area contributed by atoms with Crippen LogP contribution in [0.3, 0.4) is 0 Å². The van der Waals surface area contributed by atoms with E-state index in [-0.39, 0.29) is 11.6 Å². The maximum atomic E-state index is 14.0. The van der Waals surface area contributed by atoms with E-state index in [1.54, 1.807) is 37.4 Å². The van der Waals surface area contributed by atoms with Gasteiger partial charge in [0.25, 0.3) is 5.91 Å². The number of hydrogen-bond acceptors (Lipinski definition) is 5. The molecule has 0 aromatic heterocycles. The molecule has 1 aliphatic heterocycles. The molecule has 0 radical (unpaired) electrons. The Bertz CT molecular complexity index is 1230. The molecule has 0 aliphatic carbocycles. The lowest BCUT2D eigenvalue weighted by molar-refractivity contribution is 0.0951. The highest BCUT2D eigenvalue weighted by Gasteiger charge is 2.19. The summed E-state index contributed by atoms with van der Waals surface area (Å²) in [6.07, 6.45) is 0. The van der Waals surface area contributed by atoms with E-state index < -0.39 is 17.7 Å². The number of methoxy groups -OCH3 is 1. The van der Waals surface area contributed by atoms with Gasteiger partial charge in [0.1, 0.15) is 17.4 Å². The van der Waals surface area contributed by atoms with Crippen molar-refractivity contribution in [1.29, 1.82) is 0 Å². The lowest BCUT2D eigenvalue weighted by Crippen LogP contribution is -2.37. The maximum absolute atomic E-state index is 14.0. The van der Waals surface area contributed by atoms with E-state index in [9.17, 15) is 18.4 Å². The van der Waals surface area contributed by atoms with Crippen LogP contribution in [0.1, 0.15) is 15.9 Å². The third-order valence-electron chi connectivity index (χ3n) is 5.65. The van der Waals surface area contributed by atoms with Gasteiger partial charge in [-0.3, -0.25) is 4.79 Å². The Hall–Kier alpha value is -4.18. The summed E-state index contributed by atoms with van der Waals surface area (Å²) in [5.41, 5.74) is 1.95. The summed E-state index contributed by atoms with van der Waals surface area (Å²) in [6, 6.07) is 14.3. The number of halogens is 2. The molecule has 36 heavy (non-hydrogen) atoms. The molecule has 1 saturated heterocycles. The molecule has 0 unspecified atom stereocenters. The van der Waals surface area contributed by atoms with Crippen LogP contribution < -0.4 is 25.6 Å². The maximum Gasteiger partial charge on any atom is 0.323 e. The highest BCUT2D eigenvalue weighted by Crippen LogP contribution is 2.29. The summed E-state index contributed by atoms with van der Waals surface area (Å²) < 4.78 is 38.0. The molecule has 1 aliphatic rings. The van der Waals surface area contributed by atoms with Gasteiger partial charge in [-0.1, -0.05) is 12.1 Å². The molecule has 0 spiro atoms. The number of carbonyl (C=O) groups excluding carboxylic acids is 2. The van der Waals surface area contributed by atoms with Crippen molar-refractivity contribution in [2.24, 2.45) is 0 Å². The molecule has 0 saturated carbocycles. The quantitative estimate of drug-likeness (QED) is 0.452. The first-order chi connectivity index (χ1) is 17.4. The Morgan fingerprint density at radius 3 is 2.39 bits per heavy atom. The number of hydrogen-bond donors (Lipinski definition) is 3. The highest BCUT2D eigenvalue weighted by molar-refractivity contribution is 6.04. The predicted molar refractivity (Wildman–Crippen MR) is 133 cm³/mol. The lowest BCUT2D eigenvalue weighted by atomic mass is 10.1. The normalized spacial score (nSPS) is 13.1. The third kappa shape index (κ3) is 6.28. The number of nitrogens with one attached hydrogen (secondary N) is 3. The van der Waals surface area contributed by atoms with E-state index >= 15 is 0 Å². The van der Waals surface area contributed by atoms with Crippen molar-refractivity contribution in [2.45, 2.75) is 6.54 Å². The molecule has 188 valence electrons. The van der Waals surface area contributed by atoms with Crippen LogP contribution in [0.2, 0.25) is 0 Å². The molecule has 8 nitrogen and oxygen atoms in total. The van der Waals surface area contributed by atoms with Crippen LogP contribution in [0.25, 0.3) is 0 Å². The number of rotatable bonds is 7. The SMILES string of the molecule is COc1ccc(CNC(=O)c2ccc(N3CCOCC3)c(NC(=O)Nc3cc(F)ccc3F)c2)cc1. The number of benzene rings is 3. The second-order valence-electron chi connectivity index (χ2n) is 8.07. The molecule has 4 rings (SSSR count). The second kappa shape index (κ2) is 11.5. The Morgan fingerprint density at radius 1 is 0.944 bits per heavy atom. The lowest BCUT2D eigenvalue weighted by Gasteiger charge is -2.30. The summed E-state index contributed by atoms with van der Waals surface area (Å²) in [5.74, 6) is -1.07. The number of ether oxygens (including phenoxy) is 2. The zero-order chi connectivity index (χ0) is 25.5. The van der Waals surface area contributed by atoms with Crippen molar-refractivity contribution in [3.8, 4) is 5.75 Å². The molecule has 3 aromatic rings. The molecular formula is C26H26F2N4O4.